The van der Waals surface area contributed by atoms with Crippen molar-refractivity contribution in [3.8, 4) is 5.88 Å². The molecule has 5 heteroatoms. The zero-order chi connectivity index (χ0) is 11.4. The number of hydrogen-bond acceptors (Lipinski definition) is 4. The van der Waals surface area contributed by atoms with E-state index in [1.807, 2.05) is 17.5 Å². The number of nitrogens with zero attached hydrogens (tertiary/aromatic N) is 1. The van der Waals surface area contributed by atoms with E-state index in [1.165, 1.54) is 0 Å². The molecule has 0 aromatic carbocycles. The first-order chi connectivity index (χ1) is 7.79. The van der Waals surface area contributed by atoms with Crippen LogP contribution in [0.15, 0.2) is 29.8 Å². The third-order valence-corrected chi connectivity index (χ3v) is 3.15. The van der Waals surface area contributed by atoms with Crippen LogP contribution in [-0.4, -0.2) is 4.98 Å². The summed E-state index contributed by atoms with van der Waals surface area (Å²) in [5.74, 6) is 0.451. The SMILES string of the molecule is NCc1cnc(OCc2cccs2)c(Cl)c1. The number of halogens is 1. The summed E-state index contributed by atoms with van der Waals surface area (Å²) in [5.41, 5.74) is 6.38. The zero-order valence-corrected chi connectivity index (χ0v) is 10.1. The van der Waals surface area contributed by atoms with E-state index in [4.69, 9.17) is 22.1 Å². The Morgan fingerprint density at radius 1 is 1.50 bits per heavy atom. The van der Waals surface area contributed by atoms with Gasteiger partial charge in [0.1, 0.15) is 11.6 Å². The highest BCUT2D eigenvalue weighted by Gasteiger charge is 2.05. The lowest BCUT2D eigenvalue weighted by Gasteiger charge is -2.06. The quantitative estimate of drug-likeness (QED) is 0.913. The van der Waals surface area contributed by atoms with Crippen molar-refractivity contribution in [2.45, 2.75) is 13.2 Å². The predicted molar refractivity (Wildman–Crippen MR) is 65.8 cm³/mol. The van der Waals surface area contributed by atoms with Crippen LogP contribution in [0, 0.1) is 0 Å². The molecular formula is C11H11ClN2OS. The summed E-state index contributed by atoms with van der Waals surface area (Å²) in [6.45, 7) is 0.921. The van der Waals surface area contributed by atoms with E-state index in [1.54, 1.807) is 23.6 Å². The molecule has 0 radical (unpaired) electrons. The molecule has 0 spiro atoms. The zero-order valence-electron chi connectivity index (χ0n) is 8.52. The molecule has 2 aromatic rings. The van der Waals surface area contributed by atoms with Gasteiger partial charge in [0.25, 0.3) is 0 Å². The Morgan fingerprint density at radius 3 is 3.00 bits per heavy atom. The van der Waals surface area contributed by atoms with Gasteiger partial charge in [-0.05, 0) is 23.1 Å². The Morgan fingerprint density at radius 2 is 2.38 bits per heavy atom. The molecule has 84 valence electrons. The Bertz CT molecular complexity index is 459. The molecule has 0 aliphatic heterocycles. The van der Waals surface area contributed by atoms with E-state index in [2.05, 4.69) is 4.98 Å². The van der Waals surface area contributed by atoms with Crippen LogP contribution in [0.4, 0.5) is 0 Å². The molecule has 16 heavy (non-hydrogen) atoms. The summed E-state index contributed by atoms with van der Waals surface area (Å²) in [5, 5.41) is 2.50. The average Bonchev–Trinajstić information content (AvgIpc) is 2.80. The molecule has 0 aliphatic rings. The van der Waals surface area contributed by atoms with E-state index in [0.29, 0.717) is 24.1 Å². The van der Waals surface area contributed by atoms with Gasteiger partial charge < -0.3 is 10.5 Å². The summed E-state index contributed by atoms with van der Waals surface area (Å²) >= 11 is 7.65. The van der Waals surface area contributed by atoms with E-state index >= 15 is 0 Å². The fourth-order valence-corrected chi connectivity index (χ4v) is 2.08. The van der Waals surface area contributed by atoms with Crippen LogP contribution in [-0.2, 0) is 13.2 Å². The molecular weight excluding hydrogens is 244 g/mol. The second kappa shape index (κ2) is 5.30. The standard InChI is InChI=1S/C11H11ClN2OS/c12-10-4-8(5-13)6-14-11(10)15-7-9-2-1-3-16-9/h1-4,6H,5,7,13H2. The summed E-state index contributed by atoms with van der Waals surface area (Å²) in [6, 6.07) is 5.76. The second-order valence-corrected chi connectivity index (χ2v) is 4.64. The van der Waals surface area contributed by atoms with Gasteiger partial charge in [-0.3, -0.25) is 0 Å². The van der Waals surface area contributed by atoms with Crippen molar-refractivity contribution in [1.29, 1.82) is 0 Å². The molecule has 0 bridgehead atoms. The molecule has 0 amide bonds. The Kier molecular flexibility index (Phi) is 3.77. The van der Waals surface area contributed by atoms with Crippen molar-refractivity contribution in [2.24, 2.45) is 5.73 Å². The molecule has 2 aromatic heterocycles. The van der Waals surface area contributed by atoms with E-state index in [0.717, 1.165) is 10.4 Å². The molecule has 0 fully saturated rings. The fourth-order valence-electron chi connectivity index (χ4n) is 1.22. The molecule has 2 rings (SSSR count). The topological polar surface area (TPSA) is 48.1 Å². The van der Waals surface area contributed by atoms with Crippen molar-refractivity contribution in [3.05, 3.63) is 45.2 Å². The van der Waals surface area contributed by atoms with E-state index in [9.17, 15) is 0 Å². The fraction of sp³-hybridized carbons (Fsp3) is 0.182. The van der Waals surface area contributed by atoms with Crippen LogP contribution in [0.3, 0.4) is 0 Å². The highest BCUT2D eigenvalue weighted by molar-refractivity contribution is 7.09. The first kappa shape index (κ1) is 11.4. The van der Waals surface area contributed by atoms with Gasteiger partial charge in [-0.2, -0.15) is 0 Å². The maximum Gasteiger partial charge on any atom is 0.232 e. The molecule has 2 heterocycles. The number of nitrogens with two attached hydrogens (primary N) is 1. The Balaban J connectivity index is 2.04. The third kappa shape index (κ3) is 2.72. The minimum Gasteiger partial charge on any atom is -0.471 e. The summed E-state index contributed by atoms with van der Waals surface area (Å²) in [6.07, 6.45) is 1.68. The number of rotatable bonds is 4. The van der Waals surface area contributed by atoms with E-state index < -0.39 is 0 Å². The van der Waals surface area contributed by atoms with Gasteiger partial charge in [-0.25, -0.2) is 4.98 Å². The van der Waals surface area contributed by atoms with Crippen molar-refractivity contribution < 1.29 is 4.74 Å². The van der Waals surface area contributed by atoms with Gasteiger partial charge >= 0.3 is 0 Å². The second-order valence-electron chi connectivity index (χ2n) is 3.20. The molecule has 2 N–H and O–H groups in total. The summed E-state index contributed by atoms with van der Waals surface area (Å²) < 4.78 is 5.51. The minimum atomic E-state index is 0.428. The largest absolute Gasteiger partial charge is 0.471 e. The van der Waals surface area contributed by atoms with Gasteiger partial charge in [0.15, 0.2) is 0 Å². The van der Waals surface area contributed by atoms with Crippen LogP contribution in [0.25, 0.3) is 0 Å². The molecule has 0 saturated carbocycles. The van der Waals surface area contributed by atoms with Crippen molar-refractivity contribution >= 4 is 22.9 Å². The lowest BCUT2D eigenvalue weighted by atomic mass is 10.3. The third-order valence-electron chi connectivity index (χ3n) is 2.03. The molecule has 3 nitrogen and oxygen atoms in total. The smallest absolute Gasteiger partial charge is 0.232 e. The van der Waals surface area contributed by atoms with Crippen LogP contribution < -0.4 is 10.5 Å². The maximum absolute atomic E-state index is 6.01. The first-order valence-electron chi connectivity index (χ1n) is 4.79. The Hall–Kier alpha value is -1.10. The number of aromatic nitrogens is 1. The van der Waals surface area contributed by atoms with Crippen LogP contribution >= 0.6 is 22.9 Å². The average molecular weight is 255 g/mol. The Labute approximate surface area is 103 Å². The maximum atomic E-state index is 6.01. The molecule has 0 saturated heterocycles. The van der Waals surface area contributed by atoms with Gasteiger partial charge in [0.05, 0.1) is 0 Å². The number of hydrogen-bond donors (Lipinski definition) is 1. The summed E-state index contributed by atoms with van der Waals surface area (Å²) in [7, 11) is 0. The first-order valence-corrected chi connectivity index (χ1v) is 6.05. The highest BCUT2D eigenvalue weighted by atomic mass is 35.5. The van der Waals surface area contributed by atoms with Crippen molar-refractivity contribution in [1.82, 2.24) is 4.98 Å². The van der Waals surface area contributed by atoms with Crippen LogP contribution in [0.2, 0.25) is 5.02 Å². The number of ether oxygens (including phenoxy) is 1. The summed E-state index contributed by atoms with van der Waals surface area (Å²) in [4.78, 5) is 5.26. The van der Waals surface area contributed by atoms with Gasteiger partial charge in [0.2, 0.25) is 5.88 Å². The molecule has 0 aliphatic carbocycles. The molecule has 0 unspecified atom stereocenters. The predicted octanol–water partition coefficient (Wildman–Crippen LogP) is 2.83. The van der Waals surface area contributed by atoms with Crippen molar-refractivity contribution in [2.75, 3.05) is 0 Å². The lowest BCUT2D eigenvalue weighted by Crippen LogP contribution is -2.00. The van der Waals surface area contributed by atoms with Crippen molar-refractivity contribution in [3.63, 3.8) is 0 Å². The van der Waals surface area contributed by atoms with Gasteiger partial charge in [-0.1, -0.05) is 17.7 Å². The van der Waals surface area contributed by atoms with Crippen LogP contribution in [0.5, 0.6) is 5.88 Å². The normalized spacial score (nSPS) is 10.4. The molecule has 0 atom stereocenters. The van der Waals surface area contributed by atoms with Gasteiger partial charge in [-0.15, -0.1) is 11.3 Å². The van der Waals surface area contributed by atoms with E-state index in [-0.39, 0.29) is 0 Å². The monoisotopic (exact) mass is 254 g/mol. The van der Waals surface area contributed by atoms with Crippen LogP contribution in [0.1, 0.15) is 10.4 Å². The minimum absolute atomic E-state index is 0.428. The number of thiophene rings is 1. The highest BCUT2D eigenvalue weighted by Crippen LogP contribution is 2.23. The number of pyridine rings is 1. The van der Waals surface area contributed by atoms with Gasteiger partial charge in [0, 0.05) is 17.6 Å². The lowest BCUT2D eigenvalue weighted by molar-refractivity contribution is 0.297.